The topological polar surface area (TPSA) is 9.23 Å². The molecule has 0 radical (unpaired) electrons. The first-order valence-electron chi connectivity index (χ1n) is 6.28. The van der Waals surface area contributed by atoms with Gasteiger partial charge in [-0.15, -0.1) is 0 Å². The molecular formula is C16H14BrF3O. The highest BCUT2D eigenvalue weighted by atomic mass is 79.9. The molecule has 5 heteroatoms. The van der Waals surface area contributed by atoms with E-state index >= 15 is 0 Å². The van der Waals surface area contributed by atoms with Gasteiger partial charge in [-0.05, 0) is 30.7 Å². The van der Waals surface area contributed by atoms with Crippen molar-refractivity contribution in [2.24, 2.45) is 0 Å². The molecule has 1 atom stereocenters. The number of hydrogen-bond acceptors (Lipinski definition) is 1. The van der Waals surface area contributed by atoms with Crippen molar-refractivity contribution in [3.63, 3.8) is 0 Å². The molecule has 0 aromatic heterocycles. The second kappa shape index (κ2) is 6.10. The molecule has 2 aromatic carbocycles. The number of methoxy groups -OCH3 is 1. The number of benzene rings is 2. The van der Waals surface area contributed by atoms with Crippen LogP contribution in [0.2, 0.25) is 0 Å². The van der Waals surface area contributed by atoms with E-state index in [0.717, 1.165) is 28.8 Å². The summed E-state index contributed by atoms with van der Waals surface area (Å²) in [6.07, 6.45) is -4.32. The predicted molar refractivity (Wildman–Crippen MR) is 79.9 cm³/mol. The standard InChI is InChI=1S/C16H14BrF3O/c1-10-3-8-14(21-2)13(9-10)15(17)11-4-6-12(7-5-11)16(18,19)20/h3-9,15H,1-2H3. The van der Waals surface area contributed by atoms with E-state index in [9.17, 15) is 13.2 Å². The van der Waals surface area contributed by atoms with Gasteiger partial charge in [0.1, 0.15) is 5.75 Å². The van der Waals surface area contributed by atoms with E-state index < -0.39 is 11.7 Å². The normalized spacial score (nSPS) is 13.0. The lowest BCUT2D eigenvalue weighted by molar-refractivity contribution is -0.137. The summed E-state index contributed by atoms with van der Waals surface area (Å²) in [5, 5.41) is 0. The Kier molecular flexibility index (Phi) is 4.61. The average Bonchev–Trinajstić information content (AvgIpc) is 2.45. The van der Waals surface area contributed by atoms with Crippen LogP contribution in [0.25, 0.3) is 0 Å². The van der Waals surface area contributed by atoms with Crippen LogP contribution in [0.4, 0.5) is 13.2 Å². The summed E-state index contributed by atoms with van der Waals surface area (Å²) in [5.41, 5.74) is 2.04. The maximum atomic E-state index is 12.6. The van der Waals surface area contributed by atoms with Gasteiger partial charge in [-0.3, -0.25) is 0 Å². The summed E-state index contributed by atoms with van der Waals surface area (Å²) in [4.78, 5) is -0.227. The highest BCUT2D eigenvalue weighted by Crippen LogP contribution is 2.38. The van der Waals surface area contributed by atoms with Crippen LogP contribution in [0.1, 0.15) is 27.1 Å². The Morgan fingerprint density at radius 2 is 1.67 bits per heavy atom. The van der Waals surface area contributed by atoms with Crippen molar-refractivity contribution in [1.29, 1.82) is 0 Å². The van der Waals surface area contributed by atoms with E-state index in [0.29, 0.717) is 5.75 Å². The van der Waals surface area contributed by atoms with Crippen molar-refractivity contribution in [3.05, 3.63) is 64.7 Å². The fraction of sp³-hybridized carbons (Fsp3) is 0.250. The van der Waals surface area contributed by atoms with E-state index in [-0.39, 0.29) is 4.83 Å². The number of alkyl halides is 4. The second-order valence-electron chi connectivity index (χ2n) is 4.73. The van der Waals surface area contributed by atoms with E-state index in [4.69, 9.17) is 4.74 Å². The summed E-state index contributed by atoms with van der Waals surface area (Å²) < 4.78 is 43.1. The number of hydrogen-bond donors (Lipinski definition) is 0. The summed E-state index contributed by atoms with van der Waals surface area (Å²) >= 11 is 3.53. The molecule has 112 valence electrons. The minimum atomic E-state index is -4.32. The molecule has 0 bridgehead atoms. The Hall–Kier alpha value is -1.49. The van der Waals surface area contributed by atoms with Gasteiger partial charge >= 0.3 is 6.18 Å². The highest BCUT2D eigenvalue weighted by Gasteiger charge is 2.30. The van der Waals surface area contributed by atoms with Gasteiger partial charge in [-0.1, -0.05) is 45.8 Å². The second-order valence-corrected chi connectivity index (χ2v) is 5.64. The Bertz CT molecular complexity index is 620. The van der Waals surface area contributed by atoms with Crippen molar-refractivity contribution >= 4 is 15.9 Å². The molecule has 1 unspecified atom stereocenters. The van der Waals surface area contributed by atoms with E-state index in [1.807, 2.05) is 25.1 Å². The molecule has 0 saturated heterocycles. The van der Waals surface area contributed by atoms with Crippen LogP contribution in [0, 0.1) is 6.92 Å². The van der Waals surface area contributed by atoms with Crippen molar-refractivity contribution in [1.82, 2.24) is 0 Å². The minimum Gasteiger partial charge on any atom is -0.496 e. The molecule has 0 aliphatic carbocycles. The Morgan fingerprint density at radius 3 is 2.19 bits per heavy atom. The van der Waals surface area contributed by atoms with Gasteiger partial charge in [0, 0.05) is 5.56 Å². The van der Waals surface area contributed by atoms with Gasteiger partial charge in [-0.25, -0.2) is 0 Å². The zero-order chi connectivity index (χ0) is 15.6. The van der Waals surface area contributed by atoms with Gasteiger partial charge in [0.15, 0.2) is 0 Å². The van der Waals surface area contributed by atoms with Gasteiger partial charge in [-0.2, -0.15) is 13.2 Å². The summed E-state index contributed by atoms with van der Waals surface area (Å²) in [6.45, 7) is 1.95. The van der Waals surface area contributed by atoms with Crippen molar-refractivity contribution in [3.8, 4) is 5.75 Å². The quantitative estimate of drug-likeness (QED) is 0.657. The molecule has 0 fully saturated rings. The number of ether oxygens (including phenoxy) is 1. The van der Waals surface area contributed by atoms with Crippen LogP contribution in [-0.2, 0) is 6.18 Å². The monoisotopic (exact) mass is 358 g/mol. The lowest BCUT2D eigenvalue weighted by atomic mass is 10.0. The first-order valence-corrected chi connectivity index (χ1v) is 7.20. The minimum absolute atomic E-state index is 0.227. The molecular weight excluding hydrogens is 345 g/mol. The molecule has 2 aromatic rings. The van der Waals surface area contributed by atoms with Crippen LogP contribution in [0.3, 0.4) is 0 Å². The Morgan fingerprint density at radius 1 is 1.05 bits per heavy atom. The molecule has 0 N–H and O–H groups in total. The van der Waals surface area contributed by atoms with Crippen LogP contribution in [-0.4, -0.2) is 7.11 Å². The van der Waals surface area contributed by atoms with E-state index in [1.165, 1.54) is 12.1 Å². The zero-order valence-electron chi connectivity index (χ0n) is 11.5. The molecule has 0 aliphatic heterocycles. The fourth-order valence-electron chi connectivity index (χ4n) is 2.07. The van der Waals surface area contributed by atoms with Crippen LogP contribution in [0.15, 0.2) is 42.5 Å². The molecule has 0 spiro atoms. The van der Waals surface area contributed by atoms with Gasteiger partial charge in [0.2, 0.25) is 0 Å². The molecule has 0 amide bonds. The maximum Gasteiger partial charge on any atom is 0.416 e. The molecule has 0 saturated carbocycles. The van der Waals surface area contributed by atoms with Gasteiger partial charge in [0.25, 0.3) is 0 Å². The van der Waals surface area contributed by atoms with E-state index in [2.05, 4.69) is 15.9 Å². The van der Waals surface area contributed by atoms with Crippen LogP contribution >= 0.6 is 15.9 Å². The average molecular weight is 359 g/mol. The maximum absolute atomic E-state index is 12.6. The molecule has 2 rings (SSSR count). The molecule has 0 aliphatic rings. The summed E-state index contributed by atoms with van der Waals surface area (Å²) in [7, 11) is 1.57. The first kappa shape index (κ1) is 15.9. The third kappa shape index (κ3) is 3.59. The lowest BCUT2D eigenvalue weighted by Crippen LogP contribution is -2.05. The first-order chi connectivity index (χ1) is 9.82. The summed E-state index contributed by atoms with van der Waals surface area (Å²) in [5.74, 6) is 0.697. The third-order valence-electron chi connectivity index (χ3n) is 3.19. The highest BCUT2D eigenvalue weighted by molar-refractivity contribution is 9.09. The molecule has 21 heavy (non-hydrogen) atoms. The lowest BCUT2D eigenvalue weighted by Gasteiger charge is -2.16. The number of rotatable bonds is 3. The van der Waals surface area contributed by atoms with Crippen molar-refractivity contribution in [2.45, 2.75) is 17.9 Å². The Balaban J connectivity index is 2.36. The third-order valence-corrected chi connectivity index (χ3v) is 4.21. The van der Waals surface area contributed by atoms with Crippen LogP contribution < -0.4 is 4.74 Å². The van der Waals surface area contributed by atoms with Gasteiger partial charge < -0.3 is 4.74 Å². The van der Waals surface area contributed by atoms with Gasteiger partial charge in [0.05, 0.1) is 17.5 Å². The fourth-order valence-corrected chi connectivity index (χ4v) is 2.74. The number of halogens is 4. The van der Waals surface area contributed by atoms with Crippen LogP contribution in [0.5, 0.6) is 5.75 Å². The Labute approximate surface area is 129 Å². The largest absolute Gasteiger partial charge is 0.496 e. The van der Waals surface area contributed by atoms with Crippen molar-refractivity contribution in [2.75, 3.05) is 7.11 Å². The van der Waals surface area contributed by atoms with Crippen molar-refractivity contribution < 1.29 is 17.9 Å². The smallest absolute Gasteiger partial charge is 0.416 e. The SMILES string of the molecule is COc1ccc(C)cc1C(Br)c1ccc(C(F)(F)F)cc1. The number of aryl methyl sites for hydroxylation is 1. The zero-order valence-corrected chi connectivity index (χ0v) is 13.1. The summed E-state index contributed by atoms with van der Waals surface area (Å²) in [6, 6.07) is 10.9. The van der Waals surface area contributed by atoms with E-state index in [1.54, 1.807) is 7.11 Å². The predicted octanol–water partition coefficient (Wildman–Crippen LogP) is 5.51. The molecule has 0 heterocycles. The molecule has 1 nitrogen and oxygen atoms in total.